The second-order valence-electron chi connectivity index (χ2n) is 6.46. The maximum atomic E-state index is 10.5. The van der Waals surface area contributed by atoms with Gasteiger partial charge >= 0.3 is 0 Å². The summed E-state index contributed by atoms with van der Waals surface area (Å²) in [6.07, 6.45) is 0.973. The van der Waals surface area contributed by atoms with Gasteiger partial charge in [-0.1, -0.05) is 67.2 Å². The summed E-state index contributed by atoms with van der Waals surface area (Å²) >= 11 is 1.61. The van der Waals surface area contributed by atoms with Gasteiger partial charge in [-0.2, -0.15) is 5.10 Å². The van der Waals surface area contributed by atoms with E-state index in [1.54, 1.807) is 22.6 Å². The van der Waals surface area contributed by atoms with Crippen LogP contribution in [0.25, 0.3) is 17.1 Å². The van der Waals surface area contributed by atoms with Crippen molar-refractivity contribution >= 4 is 17.6 Å². The van der Waals surface area contributed by atoms with Gasteiger partial charge in [-0.3, -0.25) is 4.57 Å². The third-order valence-corrected chi connectivity index (χ3v) is 5.38. The van der Waals surface area contributed by atoms with Crippen LogP contribution in [-0.4, -0.2) is 35.4 Å². The quantitative estimate of drug-likeness (QED) is 0.456. The van der Waals surface area contributed by atoms with E-state index in [2.05, 4.69) is 22.2 Å². The fourth-order valence-corrected chi connectivity index (χ4v) is 3.81. The minimum absolute atomic E-state index is 0.256. The summed E-state index contributed by atoms with van der Waals surface area (Å²) in [6.45, 7) is 2.33. The van der Waals surface area contributed by atoms with Gasteiger partial charge in [-0.25, -0.2) is 4.68 Å². The molecule has 0 saturated carbocycles. The fourth-order valence-electron chi connectivity index (χ4n) is 3.13. The second-order valence-corrected chi connectivity index (χ2v) is 7.69. The van der Waals surface area contributed by atoms with Crippen molar-refractivity contribution in [3.63, 3.8) is 0 Å². The lowest BCUT2D eigenvalue weighted by Crippen LogP contribution is -2.12. The van der Waals surface area contributed by atoms with E-state index in [0.717, 1.165) is 22.2 Å². The molecule has 0 bridgehead atoms. The molecule has 1 atom stereocenters. The van der Waals surface area contributed by atoms with E-state index in [1.807, 2.05) is 65.2 Å². The van der Waals surface area contributed by atoms with Gasteiger partial charge in [0.1, 0.15) is 5.82 Å². The Hall–Kier alpha value is -3.10. The maximum absolute atomic E-state index is 10.5. The molecule has 0 saturated heterocycles. The van der Waals surface area contributed by atoms with Crippen LogP contribution in [-0.2, 0) is 6.54 Å². The van der Waals surface area contributed by atoms with E-state index in [1.165, 1.54) is 0 Å². The minimum Gasteiger partial charge on any atom is -0.386 e. The van der Waals surface area contributed by atoms with Gasteiger partial charge in [0.2, 0.25) is 0 Å². The molecule has 3 N–H and O–H groups in total. The molecule has 2 aromatic carbocycles. The Morgan fingerprint density at radius 2 is 1.72 bits per heavy atom. The molecule has 1 unspecified atom stereocenters. The van der Waals surface area contributed by atoms with Crippen molar-refractivity contribution in [2.45, 2.75) is 24.7 Å². The normalized spacial score (nSPS) is 12.2. The molecule has 148 valence electrons. The number of nitrogen functional groups attached to an aromatic ring is 1. The summed E-state index contributed by atoms with van der Waals surface area (Å²) in [5, 5.41) is 24.5. The summed E-state index contributed by atoms with van der Waals surface area (Å²) in [7, 11) is 0. The van der Waals surface area contributed by atoms with Crippen LogP contribution in [0.15, 0.2) is 72.0 Å². The van der Waals surface area contributed by atoms with Gasteiger partial charge in [0.05, 0.1) is 24.4 Å². The van der Waals surface area contributed by atoms with Crippen LogP contribution in [0.3, 0.4) is 0 Å². The number of para-hydroxylation sites is 1. The van der Waals surface area contributed by atoms with Crippen molar-refractivity contribution < 1.29 is 5.11 Å². The highest BCUT2D eigenvalue weighted by Gasteiger charge is 2.21. The van der Waals surface area contributed by atoms with Crippen molar-refractivity contribution in [1.82, 2.24) is 24.5 Å². The van der Waals surface area contributed by atoms with Gasteiger partial charge in [0.25, 0.3) is 0 Å². The smallest absolute Gasteiger partial charge is 0.196 e. The first kappa shape index (κ1) is 19.2. The average Bonchev–Trinajstić information content (AvgIpc) is 3.33. The number of aliphatic hydroxyl groups is 1. The molecular weight excluding hydrogens is 384 g/mol. The molecule has 0 spiro atoms. The van der Waals surface area contributed by atoms with Crippen molar-refractivity contribution in [1.29, 1.82) is 0 Å². The Labute approximate surface area is 173 Å². The van der Waals surface area contributed by atoms with Crippen LogP contribution in [0.2, 0.25) is 0 Å². The Morgan fingerprint density at radius 1 is 1.03 bits per heavy atom. The van der Waals surface area contributed by atoms with E-state index in [9.17, 15) is 5.11 Å². The first-order chi connectivity index (χ1) is 14.2. The Morgan fingerprint density at radius 3 is 2.41 bits per heavy atom. The Kier molecular flexibility index (Phi) is 5.64. The lowest BCUT2D eigenvalue weighted by molar-refractivity contribution is 0.152. The minimum atomic E-state index is -0.704. The highest BCUT2D eigenvalue weighted by Crippen LogP contribution is 2.31. The zero-order chi connectivity index (χ0) is 20.2. The van der Waals surface area contributed by atoms with Crippen molar-refractivity contribution in [2.24, 2.45) is 0 Å². The molecule has 29 heavy (non-hydrogen) atoms. The highest BCUT2D eigenvalue weighted by atomic mass is 32.2. The van der Waals surface area contributed by atoms with Gasteiger partial charge in [0.15, 0.2) is 11.0 Å². The molecule has 0 fully saturated rings. The third-order valence-electron chi connectivity index (χ3n) is 4.57. The largest absolute Gasteiger partial charge is 0.386 e. The van der Waals surface area contributed by atoms with E-state index < -0.39 is 6.10 Å². The Balaban J connectivity index is 1.70. The maximum Gasteiger partial charge on any atom is 0.196 e. The van der Waals surface area contributed by atoms with Gasteiger partial charge < -0.3 is 10.8 Å². The predicted molar refractivity (Wildman–Crippen MR) is 115 cm³/mol. The van der Waals surface area contributed by atoms with Crippen LogP contribution in [0.4, 0.5) is 5.82 Å². The number of anilines is 1. The molecule has 4 aromatic rings. The van der Waals surface area contributed by atoms with Crippen LogP contribution in [0, 0.1) is 0 Å². The highest BCUT2D eigenvalue weighted by molar-refractivity contribution is 7.99. The second kappa shape index (κ2) is 8.50. The van der Waals surface area contributed by atoms with Gasteiger partial charge in [0, 0.05) is 5.69 Å². The molecule has 4 rings (SSSR count). The number of rotatable bonds is 7. The van der Waals surface area contributed by atoms with Gasteiger partial charge in [-0.15, -0.1) is 10.2 Å². The fraction of sp³-hybridized carbons (Fsp3) is 0.190. The molecule has 0 aliphatic carbocycles. The number of nitrogens with two attached hydrogens (primary N) is 1. The number of aromatic nitrogens is 5. The monoisotopic (exact) mass is 406 g/mol. The van der Waals surface area contributed by atoms with Crippen molar-refractivity contribution in [2.75, 3.05) is 11.5 Å². The molecule has 0 aliphatic rings. The SMILES string of the molecule is CCSc1nnc(-c2cnn(CC(O)c3ccccc3)c2N)n1-c1ccccc1. The molecule has 2 aromatic heterocycles. The van der Waals surface area contributed by atoms with E-state index in [0.29, 0.717) is 17.2 Å². The number of nitrogens with zero attached hydrogens (tertiary/aromatic N) is 5. The van der Waals surface area contributed by atoms with E-state index in [-0.39, 0.29) is 6.54 Å². The Bertz CT molecular complexity index is 1080. The first-order valence-corrected chi connectivity index (χ1v) is 10.4. The standard InChI is InChI=1S/C21H22N6OS/c1-2-29-21-25-24-20(27(21)16-11-7-4-8-12-16)17-13-23-26(19(17)22)14-18(28)15-9-5-3-6-10-15/h3-13,18,28H,2,14,22H2,1H3. The molecule has 7 nitrogen and oxygen atoms in total. The molecular formula is C21H22N6OS. The molecule has 0 amide bonds. The third kappa shape index (κ3) is 3.90. The van der Waals surface area contributed by atoms with Gasteiger partial charge in [-0.05, 0) is 23.4 Å². The predicted octanol–water partition coefficient (Wildman–Crippen LogP) is 3.56. The summed E-state index contributed by atoms with van der Waals surface area (Å²) in [6, 6.07) is 19.4. The zero-order valence-electron chi connectivity index (χ0n) is 16.0. The molecule has 0 radical (unpaired) electrons. The van der Waals surface area contributed by atoms with E-state index >= 15 is 0 Å². The number of aliphatic hydroxyl groups excluding tert-OH is 1. The lowest BCUT2D eigenvalue weighted by atomic mass is 10.1. The van der Waals surface area contributed by atoms with Crippen LogP contribution in [0.5, 0.6) is 0 Å². The molecule has 2 heterocycles. The number of hydrogen-bond donors (Lipinski definition) is 2. The molecule has 0 aliphatic heterocycles. The van der Waals surface area contributed by atoms with Crippen LogP contribution < -0.4 is 5.73 Å². The topological polar surface area (TPSA) is 94.8 Å². The summed E-state index contributed by atoms with van der Waals surface area (Å²) in [5.41, 5.74) is 8.85. The summed E-state index contributed by atoms with van der Waals surface area (Å²) in [5.74, 6) is 1.95. The molecule has 8 heteroatoms. The zero-order valence-corrected chi connectivity index (χ0v) is 16.8. The first-order valence-electron chi connectivity index (χ1n) is 9.37. The summed E-state index contributed by atoms with van der Waals surface area (Å²) < 4.78 is 3.59. The number of hydrogen-bond acceptors (Lipinski definition) is 6. The number of thioether (sulfide) groups is 1. The van der Waals surface area contributed by atoms with E-state index in [4.69, 9.17) is 5.73 Å². The van der Waals surface area contributed by atoms with Crippen molar-refractivity contribution in [3.05, 3.63) is 72.4 Å². The van der Waals surface area contributed by atoms with Crippen LogP contribution in [0.1, 0.15) is 18.6 Å². The van der Waals surface area contributed by atoms with Crippen molar-refractivity contribution in [3.8, 4) is 17.1 Å². The number of benzene rings is 2. The summed E-state index contributed by atoms with van der Waals surface area (Å²) in [4.78, 5) is 0. The van der Waals surface area contributed by atoms with Crippen LogP contribution >= 0.6 is 11.8 Å². The lowest BCUT2D eigenvalue weighted by Gasteiger charge is -2.13. The average molecular weight is 407 g/mol.